The van der Waals surface area contributed by atoms with E-state index in [-0.39, 0.29) is 11.0 Å². The second kappa shape index (κ2) is 7.84. The molecule has 0 fully saturated rings. The van der Waals surface area contributed by atoms with Gasteiger partial charge in [0, 0.05) is 31.5 Å². The van der Waals surface area contributed by atoms with Crippen LogP contribution in [0.4, 0.5) is 0 Å². The van der Waals surface area contributed by atoms with Crippen molar-refractivity contribution in [3.63, 3.8) is 0 Å². The van der Waals surface area contributed by atoms with Crippen molar-refractivity contribution >= 4 is 0 Å². The summed E-state index contributed by atoms with van der Waals surface area (Å²) in [4.78, 5) is 22.6. The third kappa shape index (κ3) is 4.57. The van der Waals surface area contributed by atoms with E-state index in [1.807, 2.05) is 42.5 Å². The number of benzene rings is 2. The van der Waals surface area contributed by atoms with Crippen molar-refractivity contribution in [2.45, 2.75) is 45.7 Å². The maximum absolute atomic E-state index is 12.6. The molecule has 1 aliphatic rings. The maximum atomic E-state index is 12.6. The largest absolute Gasteiger partial charge is 0.457 e. The molecule has 1 aliphatic heterocycles. The highest BCUT2D eigenvalue weighted by Crippen LogP contribution is 2.24. The normalized spacial score (nSPS) is 14.4. The zero-order valence-electron chi connectivity index (χ0n) is 17.2. The molecule has 0 atom stereocenters. The summed E-state index contributed by atoms with van der Waals surface area (Å²) in [7, 11) is 0. The van der Waals surface area contributed by atoms with Crippen LogP contribution in [0.2, 0.25) is 0 Å². The summed E-state index contributed by atoms with van der Waals surface area (Å²) in [6.07, 6.45) is 0.803. The monoisotopic (exact) mass is 389 g/mol. The number of ether oxygens (including phenoxy) is 1. The molecule has 3 aromatic rings. The fraction of sp³-hybridized carbons (Fsp3) is 0.333. The first-order chi connectivity index (χ1) is 13.9. The lowest BCUT2D eigenvalue weighted by molar-refractivity contribution is 0.241. The van der Waals surface area contributed by atoms with Crippen molar-refractivity contribution in [3.05, 3.63) is 87.6 Å². The second-order valence-corrected chi connectivity index (χ2v) is 8.61. The zero-order valence-corrected chi connectivity index (χ0v) is 17.2. The van der Waals surface area contributed by atoms with Crippen molar-refractivity contribution in [3.8, 4) is 11.5 Å². The van der Waals surface area contributed by atoms with E-state index in [9.17, 15) is 4.79 Å². The molecular formula is C24H27N3O2. The van der Waals surface area contributed by atoms with E-state index in [2.05, 4.69) is 42.8 Å². The van der Waals surface area contributed by atoms with E-state index in [1.54, 1.807) is 0 Å². The smallest absolute Gasteiger partial charge is 0.255 e. The standard InChI is InChI=1S/C24H27N3O2/c1-24(2,3)23-25-21-13-14-27(16-20(21)22(28)26-23)15-17-9-11-19(12-10-17)29-18-7-5-4-6-8-18/h4-12H,13-16H2,1-3H3,(H,25,26,28). The molecule has 1 aromatic heterocycles. The van der Waals surface area contributed by atoms with Gasteiger partial charge in [-0.3, -0.25) is 9.69 Å². The summed E-state index contributed by atoms with van der Waals surface area (Å²) < 4.78 is 5.86. The Morgan fingerprint density at radius 3 is 2.41 bits per heavy atom. The third-order valence-corrected chi connectivity index (χ3v) is 5.17. The minimum absolute atomic E-state index is 0.00349. The third-order valence-electron chi connectivity index (χ3n) is 5.17. The molecular weight excluding hydrogens is 362 g/mol. The average molecular weight is 389 g/mol. The molecule has 5 nitrogen and oxygen atoms in total. The number of hydrogen-bond donors (Lipinski definition) is 1. The number of fused-ring (bicyclic) bond motifs is 1. The Bertz CT molecular complexity index is 1030. The van der Waals surface area contributed by atoms with Gasteiger partial charge in [0.1, 0.15) is 17.3 Å². The fourth-order valence-electron chi connectivity index (χ4n) is 3.52. The van der Waals surface area contributed by atoms with E-state index in [0.717, 1.165) is 48.1 Å². The molecule has 0 unspecified atom stereocenters. The molecule has 0 amide bonds. The van der Waals surface area contributed by atoms with Gasteiger partial charge in [0.2, 0.25) is 0 Å². The average Bonchev–Trinajstić information content (AvgIpc) is 2.70. The van der Waals surface area contributed by atoms with Gasteiger partial charge in [-0.25, -0.2) is 4.98 Å². The number of aromatic amines is 1. The van der Waals surface area contributed by atoms with Crippen molar-refractivity contribution in [2.24, 2.45) is 0 Å². The van der Waals surface area contributed by atoms with E-state index >= 15 is 0 Å². The molecule has 0 bridgehead atoms. The van der Waals surface area contributed by atoms with Gasteiger partial charge in [-0.1, -0.05) is 51.1 Å². The van der Waals surface area contributed by atoms with Gasteiger partial charge < -0.3 is 9.72 Å². The van der Waals surface area contributed by atoms with Gasteiger partial charge in [0.05, 0.1) is 11.3 Å². The molecule has 29 heavy (non-hydrogen) atoms. The topological polar surface area (TPSA) is 58.2 Å². The van der Waals surface area contributed by atoms with Crippen LogP contribution in [0, 0.1) is 0 Å². The van der Waals surface area contributed by atoms with Crippen molar-refractivity contribution in [1.82, 2.24) is 14.9 Å². The molecule has 0 aliphatic carbocycles. The minimum Gasteiger partial charge on any atom is -0.457 e. The highest BCUT2D eigenvalue weighted by molar-refractivity contribution is 5.33. The molecule has 0 saturated carbocycles. The van der Waals surface area contributed by atoms with Gasteiger partial charge in [-0.2, -0.15) is 0 Å². The second-order valence-electron chi connectivity index (χ2n) is 8.61. The maximum Gasteiger partial charge on any atom is 0.255 e. The van der Waals surface area contributed by atoms with Crippen LogP contribution >= 0.6 is 0 Å². The van der Waals surface area contributed by atoms with E-state index in [0.29, 0.717) is 6.54 Å². The predicted molar refractivity (Wildman–Crippen MR) is 114 cm³/mol. The molecule has 5 heteroatoms. The van der Waals surface area contributed by atoms with E-state index < -0.39 is 0 Å². The van der Waals surface area contributed by atoms with Crippen LogP contribution in [-0.4, -0.2) is 21.4 Å². The van der Waals surface area contributed by atoms with Gasteiger partial charge in [0.15, 0.2) is 0 Å². The summed E-state index contributed by atoms with van der Waals surface area (Å²) >= 11 is 0. The van der Waals surface area contributed by atoms with Crippen molar-refractivity contribution < 1.29 is 4.74 Å². The lowest BCUT2D eigenvalue weighted by Crippen LogP contribution is -2.37. The number of H-pyrrole nitrogens is 1. The molecule has 4 rings (SSSR count). The fourth-order valence-corrected chi connectivity index (χ4v) is 3.52. The number of para-hydroxylation sites is 1. The predicted octanol–water partition coefficient (Wildman–Crippen LogP) is 4.42. The van der Waals surface area contributed by atoms with Crippen LogP contribution in [0.1, 0.15) is 43.4 Å². The van der Waals surface area contributed by atoms with Crippen LogP contribution in [0.15, 0.2) is 59.4 Å². The first-order valence-corrected chi connectivity index (χ1v) is 10.1. The lowest BCUT2D eigenvalue weighted by atomic mass is 9.95. The van der Waals surface area contributed by atoms with Gasteiger partial charge in [-0.15, -0.1) is 0 Å². The first kappa shape index (κ1) is 19.4. The number of nitrogens with one attached hydrogen (secondary N) is 1. The Hall–Kier alpha value is -2.92. The number of nitrogens with zero attached hydrogens (tertiary/aromatic N) is 2. The molecule has 0 radical (unpaired) electrons. The summed E-state index contributed by atoms with van der Waals surface area (Å²) in [6.45, 7) is 8.53. The summed E-state index contributed by atoms with van der Waals surface area (Å²) in [5, 5.41) is 0. The Labute approximate surface area is 171 Å². The SMILES string of the molecule is CC(C)(C)c1nc2c(c(=O)[nH]1)CN(Cc1ccc(Oc3ccccc3)cc1)CC2. The summed E-state index contributed by atoms with van der Waals surface area (Å²) in [6, 6.07) is 17.9. The lowest BCUT2D eigenvalue weighted by Gasteiger charge is -2.29. The Morgan fingerprint density at radius 2 is 1.72 bits per heavy atom. The van der Waals surface area contributed by atoms with Crippen molar-refractivity contribution in [2.75, 3.05) is 6.54 Å². The first-order valence-electron chi connectivity index (χ1n) is 10.1. The van der Waals surface area contributed by atoms with Gasteiger partial charge >= 0.3 is 0 Å². The van der Waals surface area contributed by atoms with Gasteiger partial charge in [-0.05, 0) is 29.8 Å². The highest BCUT2D eigenvalue weighted by atomic mass is 16.5. The summed E-state index contributed by atoms with van der Waals surface area (Å²) in [5.41, 5.74) is 2.78. The van der Waals surface area contributed by atoms with Crippen molar-refractivity contribution in [1.29, 1.82) is 0 Å². The minimum atomic E-state index is -0.158. The highest BCUT2D eigenvalue weighted by Gasteiger charge is 2.24. The van der Waals surface area contributed by atoms with E-state index in [4.69, 9.17) is 9.72 Å². The molecule has 150 valence electrons. The number of hydrogen-bond acceptors (Lipinski definition) is 4. The number of aromatic nitrogens is 2. The Kier molecular flexibility index (Phi) is 5.24. The summed E-state index contributed by atoms with van der Waals surface area (Å²) in [5.74, 6) is 2.41. The molecule has 2 aromatic carbocycles. The number of rotatable bonds is 4. The molecule has 0 saturated heterocycles. The Balaban J connectivity index is 1.43. The molecule has 2 heterocycles. The van der Waals surface area contributed by atoms with Crippen LogP contribution in [-0.2, 0) is 24.9 Å². The Morgan fingerprint density at radius 1 is 1.03 bits per heavy atom. The van der Waals surface area contributed by atoms with Crippen LogP contribution in [0.5, 0.6) is 11.5 Å². The zero-order chi connectivity index (χ0) is 20.4. The molecule has 1 N–H and O–H groups in total. The quantitative estimate of drug-likeness (QED) is 0.718. The van der Waals surface area contributed by atoms with Crippen LogP contribution in [0.25, 0.3) is 0 Å². The van der Waals surface area contributed by atoms with E-state index in [1.165, 1.54) is 5.56 Å². The van der Waals surface area contributed by atoms with Crippen LogP contribution in [0.3, 0.4) is 0 Å². The van der Waals surface area contributed by atoms with Crippen LogP contribution < -0.4 is 10.3 Å². The molecule has 0 spiro atoms. The van der Waals surface area contributed by atoms with Gasteiger partial charge in [0.25, 0.3) is 5.56 Å².